The SMILES string of the molecule is Cc1cccc(N(N)C2=C(N)C(C)N(C(=O)c3cccc(C(F)(F)F)c3Cl)C=C2)n1. The maximum Gasteiger partial charge on any atom is 0.417 e. The summed E-state index contributed by atoms with van der Waals surface area (Å²) in [4.78, 5) is 18.5. The van der Waals surface area contributed by atoms with Crippen LogP contribution in [0.2, 0.25) is 5.02 Å². The van der Waals surface area contributed by atoms with Crippen molar-refractivity contribution >= 4 is 23.3 Å². The lowest BCUT2D eigenvalue weighted by molar-refractivity contribution is -0.137. The van der Waals surface area contributed by atoms with Crippen molar-refractivity contribution < 1.29 is 18.0 Å². The molecule has 2 heterocycles. The lowest BCUT2D eigenvalue weighted by Gasteiger charge is -2.33. The molecule has 3 rings (SSSR count). The summed E-state index contributed by atoms with van der Waals surface area (Å²) in [6.45, 7) is 3.45. The number of carbonyl (C=O) groups is 1. The zero-order valence-corrected chi connectivity index (χ0v) is 16.9. The number of alkyl halides is 3. The van der Waals surface area contributed by atoms with Gasteiger partial charge in [-0.2, -0.15) is 13.2 Å². The fourth-order valence-electron chi connectivity index (χ4n) is 3.04. The predicted molar refractivity (Wildman–Crippen MR) is 108 cm³/mol. The minimum atomic E-state index is -4.68. The highest BCUT2D eigenvalue weighted by molar-refractivity contribution is 6.34. The van der Waals surface area contributed by atoms with Gasteiger partial charge in [0, 0.05) is 11.9 Å². The van der Waals surface area contributed by atoms with Crippen LogP contribution in [0, 0.1) is 6.92 Å². The Labute approximate surface area is 176 Å². The molecule has 0 fully saturated rings. The van der Waals surface area contributed by atoms with Crippen molar-refractivity contribution in [2.24, 2.45) is 11.6 Å². The molecule has 0 spiro atoms. The Morgan fingerprint density at radius 1 is 1.23 bits per heavy atom. The smallest absolute Gasteiger partial charge is 0.399 e. The van der Waals surface area contributed by atoms with Crippen LogP contribution in [0.4, 0.5) is 19.0 Å². The Kier molecular flexibility index (Phi) is 5.78. The third kappa shape index (κ3) is 3.99. The molecule has 1 aliphatic rings. The van der Waals surface area contributed by atoms with E-state index in [1.807, 2.05) is 13.0 Å². The average molecular weight is 438 g/mol. The minimum absolute atomic E-state index is 0.250. The molecule has 10 heteroatoms. The first-order chi connectivity index (χ1) is 14.0. The van der Waals surface area contributed by atoms with Crippen LogP contribution in [0.25, 0.3) is 0 Å². The normalized spacial score (nSPS) is 16.8. The molecule has 1 amide bonds. The van der Waals surface area contributed by atoms with Crippen molar-refractivity contribution in [2.45, 2.75) is 26.1 Å². The maximum absolute atomic E-state index is 13.1. The topological polar surface area (TPSA) is 88.5 Å². The van der Waals surface area contributed by atoms with Gasteiger partial charge >= 0.3 is 6.18 Å². The number of anilines is 1. The van der Waals surface area contributed by atoms with Gasteiger partial charge in [0.2, 0.25) is 0 Å². The first kappa shape index (κ1) is 21.7. The van der Waals surface area contributed by atoms with E-state index in [9.17, 15) is 18.0 Å². The van der Waals surface area contributed by atoms with E-state index >= 15 is 0 Å². The molecule has 2 aromatic rings. The molecule has 1 aromatic heterocycles. The summed E-state index contributed by atoms with van der Waals surface area (Å²) in [5.41, 5.74) is 6.28. The third-order valence-corrected chi connectivity index (χ3v) is 5.11. The molecule has 1 unspecified atom stereocenters. The molecule has 6 nitrogen and oxygen atoms in total. The summed E-state index contributed by atoms with van der Waals surface area (Å²) in [5.74, 6) is 5.88. The van der Waals surface area contributed by atoms with Crippen LogP contribution in [0.5, 0.6) is 0 Å². The van der Waals surface area contributed by atoms with Gasteiger partial charge in [-0.25, -0.2) is 10.8 Å². The van der Waals surface area contributed by atoms with Crippen LogP contribution in [0.1, 0.15) is 28.5 Å². The summed E-state index contributed by atoms with van der Waals surface area (Å²) in [7, 11) is 0. The first-order valence-corrected chi connectivity index (χ1v) is 9.25. The van der Waals surface area contributed by atoms with Gasteiger partial charge in [-0.05, 0) is 44.2 Å². The van der Waals surface area contributed by atoms with E-state index in [0.29, 0.717) is 11.5 Å². The second-order valence-corrected chi connectivity index (χ2v) is 7.09. The van der Waals surface area contributed by atoms with Gasteiger partial charge in [0.15, 0.2) is 0 Å². The number of nitrogens with zero attached hydrogens (tertiary/aromatic N) is 3. The highest BCUT2D eigenvalue weighted by Gasteiger charge is 2.36. The number of hydrogen-bond donors (Lipinski definition) is 2. The summed E-state index contributed by atoms with van der Waals surface area (Å²) in [6.07, 6.45) is -1.77. The van der Waals surface area contributed by atoms with Crippen LogP contribution in [0.15, 0.2) is 60.1 Å². The van der Waals surface area contributed by atoms with Gasteiger partial charge in [-0.1, -0.05) is 23.7 Å². The monoisotopic (exact) mass is 437 g/mol. The second kappa shape index (κ2) is 8.00. The molecule has 158 valence electrons. The summed E-state index contributed by atoms with van der Waals surface area (Å²) in [6, 6.07) is 7.81. The number of pyridine rings is 1. The first-order valence-electron chi connectivity index (χ1n) is 8.87. The number of hydrogen-bond acceptors (Lipinski definition) is 5. The fourth-order valence-corrected chi connectivity index (χ4v) is 3.36. The predicted octanol–water partition coefficient (Wildman–Crippen LogP) is 3.97. The maximum atomic E-state index is 13.1. The number of amides is 1. The quantitative estimate of drug-likeness (QED) is 0.560. The highest BCUT2D eigenvalue weighted by atomic mass is 35.5. The lowest BCUT2D eigenvalue weighted by atomic mass is 10.0. The van der Waals surface area contributed by atoms with Gasteiger partial charge in [-0.3, -0.25) is 9.80 Å². The third-order valence-electron chi connectivity index (χ3n) is 4.71. The molecule has 4 N–H and O–H groups in total. The van der Waals surface area contributed by atoms with Crippen LogP contribution < -0.4 is 16.6 Å². The molecule has 1 atom stereocenters. The number of carbonyl (C=O) groups excluding carboxylic acids is 1. The summed E-state index contributed by atoms with van der Waals surface area (Å²) in [5, 5.41) is 0.627. The molecule has 0 saturated heterocycles. The highest BCUT2D eigenvalue weighted by Crippen LogP contribution is 2.37. The number of aryl methyl sites for hydroxylation is 1. The molecular weight excluding hydrogens is 419 g/mol. The Morgan fingerprint density at radius 2 is 1.90 bits per heavy atom. The van der Waals surface area contributed by atoms with Crippen molar-refractivity contribution in [1.82, 2.24) is 9.88 Å². The molecular formula is C20H19ClF3N5O. The van der Waals surface area contributed by atoms with Crippen LogP contribution in [-0.2, 0) is 6.18 Å². The molecule has 0 saturated carbocycles. The van der Waals surface area contributed by atoms with E-state index in [2.05, 4.69) is 4.98 Å². The average Bonchev–Trinajstić information content (AvgIpc) is 2.68. The van der Waals surface area contributed by atoms with Crippen LogP contribution in [-0.4, -0.2) is 21.8 Å². The number of halogens is 4. The summed E-state index contributed by atoms with van der Waals surface area (Å²) >= 11 is 5.89. The Balaban J connectivity index is 1.91. The molecule has 0 bridgehead atoms. The zero-order chi connectivity index (χ0) is 22.2. The van der Waals surface area contributed by atoms with Crippen molar-refractivity contribution in [2.75, 3.05) is 5.01 Å². The number of rotatable bonds is 3. The van der Waals surface area contributed by atoms with Crippen molar-refractivity contribution in [3.63, 3.8) is 0 Å². The number of nitrogens with two attached hydrogens (primary N) is 2. The Hall–Kier alpha value is -3.04. The van der Waals surface area contributed by atoms with E-state index in [1.165, 1.54) is 28.3 Å². The van der Waals surface area contributed by atoms with E-state index < -0.39 is 28.7 Å². The Morgan fingerprint density at radius 3 is 2.53 bits per heavy atom. The van der Waals surface area contributed by atoms with Crippen LogP contribution in [0.3, 0.4) is 0 Å². The van der Waals surface area contributed by atoms with Gasteiger partial charge in [0.05, 0.1) is 33.6 Å². The molecule has 1 aromatic carbocycles. The molecule has 30 heavy (non-hydrogen) atoms. The van der Waals surface area contributed by atoms with Gasteiger partial charge in [0.1, 0.15) is 5.82 Å². The molecule has 1 aliphatic heterocycles. The standard InChI is InChI=1S/C20H19ClF3N5O/c1-11-5-3-8-16(27-11)29(26)15-9-10-28(12(2)18(15)25)19(30)13-6-4-7-14(17(13)21)20(22,23)24/h3-10,12H,25-26H2,1-2H3. The molecule has 0 aliphatic carbocycles. The number of hydrazine groups is 1. The van der Waals surface area contributed by atoms with E-state index in [0.717, 1.165) is 17.8 Å². The Bertz CT molecular complexity index is 1050. The van der Waals surface area contributed by atoms with Gasteiger partial charge in [-0.15, -0.1) is 0 Å². The van der Waals surface area contributed by atoms with E-state index in [4.69, 9.17) is 23.2 Å². The number of benzene rings is 1. The van der Waals surface area contributed by atoms with Crippen LogP contribution >= 0.6 is 11.6 Å². The second-order valence-electron chi connectivity index (χ2n) is 6.72. The van der Waals surface area contributed by atoms with Crippen molar-refractivity contribution in [3.8, 4) is 0 Å². The van der Waals surface area contributed by atoms with Gasteiger partial charge < -0.3 is 10.6 Å². The van der Waals surface area contributed by atoms with Crippen molar-refractivity contribution in [3.05, 3.63) is 81.9 Å². The van der Waals surface area contributed by atoms with Gasteiger partial charge in [0.25, 0.3) is 5.91 Å². The number of allylic oxidation sites excluding steroid dienone is 1. The minimum Gasteiger partial charge on any atom is -0.399 e. The van der Waals surface area contributed by atoms with E-state index in [-0.39, 0.29) is 11.3 Å². The zero-order valence-electron chi connectivity index (χ0n) is 16.1. The fraction of sp³-hybridized carbons (Fsp3) is 0.200. The summed E-state index contributed by atoms with van der Waals surface area (Å²) < 4.78 is 39.4. The molecule has 0 radical (unpaired) electrons. The van der Waals surface area contributed by atoms with E-state index in [1.54, 1.807) is 19.1 Å². The number of aromatic nitrogens is 1. The lowest BCUT2D eigenvalue weighted by Crippen LogP contribution is -2.44. The largest absolute Gasteiger partial charge is 0.417 e. The van der Waals surface area contributed by atoms with Crippen molar-refractivity contribution in [1.29, 1.82) is 0 Å².